The van der Waals surface area contributed by atoms with Crippen LogP contribution in [0, 0.1) is 0 Å². The molecule has 1 saturated heterocycles. The molecule has 0 aliphatic carbocycles. The number of nitrogens with zero attached hydrogens (tertiary/aromatic N) is 5. The van der Waals surface area contributed by atoms with Gasteiger partial charge in [-0.15, -0.1) is 23.7 Å². The summed E-state index contributed by atoms with van der Waals surface area (Å²) in [5.74, 6) is 1.12. The zero-order valence-corrected chi connectivity index (χ0v) is 14.8. The van der Waals surface area contributed by atoms with Crippen molar-refractivity contribution < 1.29 is 0 Å². The third-order valence-electron chi connectivity index (χ3n) is 3.79. The number of nitrogens with one attached hydrogen (secondary N) is 1. The Morgan fingerprint density at radius 2 is 2.23 bits per heavy atom. The molecule has 122 valence electrons. The summed E-state index contributed by atoms with van der Waals surface area (Å²) in [5.41, 5.74) is 0. The third kappa shape index (κ3) is 3.60. The number of aryl methyl sites for hydroxylation is 1. The Balaban J connectivity index is 0.00000176. The molecular weight excluding hydrogens is 320 g/mol. The Morgan fingerprint density at radius 1 is 1.41 bits per heavy atom. The molecule has 3 rings (SSSR count). The van der Waals surface area contributed by atoms with E-state index in [1.54, 1.807) is 11.3 Å². The van der Waals surface area contributed by atoms with Gasteiger partial charge in [0.15, 0.2) is 5.13 Å². The number of thiazole rings is 1. The normalized spacial score (nSPS) is 19.0. The molecule has 3 heterocycles. The van der Waals surface area contributed by atoms with Crippen molar-refractivity contribution in [3.8, 4) is 0 Å². The minimum absolute atomic E-state index is 0. The highest BCUT2D eigenvalue weighted by atomic mass is 35.5. The van der Waals surface area contributed by atoms with Crippen LogP contribution < -0.4 is 10.2 Å². The average Bonchev–Trinajstić information content (AvgIpc) is 3.09. The smallest absolute Gasteiger partial charge is 0.185 e. The van der Waals surface area contributed by atoms with Crippen LogP contribution in [0.1, 0.15) is 16.7 Å². The maximum absolute atomic E-state index is 4.53. The molecule has 0 radical (unpaired) electrons. The highest BCUT2D eigenvalue weighted by molar-refractivity contribution is 7.15. The van der Waals surface area contributed by atoms with Crippen LogP contribution in [0.4, 0.5) is 5.13 Å². The van der Waals surface area contributed by atoms with E-state index in [2.05, 4.69) is 36.7 Å². The highest BCUT2D eigenvalue weighted by Crippen LogP contribution is 2.26. The van der Waals surface area contributed by atoms with E-state index in [0.717, 1.165) is 37.1 Å². The van der Waals surface area contributed by atoms with Crippen molar-refractivity contribution in [1.82, 2.24) is 24.8 Å². The molecule has 2 aromatic heterocycles. The van der Waals surface area contributed by atoms with E-state index in [-0.39, 0.29) is 12.4 Å². The van der Waals surface area contributed by atoms with E-state index in [0.29, 0.717) is 6.04 Å². The summed E-state index contributed by atoms with van der Waals surface area (Å²) in [6.45, 7) is 3.95. The second-order valence-electron chi connectivity index (χ2n) is 5.59. The maximum Gasteiger partial charge on any atom is 0.185 e. The lowest BCUT2D eigenvalue weighted by Gasteiger charge is -2.35. The molecule has 1 aliphatic rings. The Morgan fingerprint density at radius 3 is 2.86 bits per heavy atom. The second-order valence-corrected chi connectivity index (χ2v) is 6.68. The molecule has 8 heteroatoms. The SMILES string of the molecule is CN(C)c1ncc(CN2CCNCC2c2nccn2C)s1.Cl. The van der Waals surface area contributed by atoms with Crippen molar-refractivity contribution in [3.63, 3.8) is 0 Å². The van der Waals surface area contributed by atoms with Gasteiger partial charge in [0.05, 0.1) is 6.04 Å². The fraction of sp³-hybridized carbons (Fsp3) is 0.571. The Bertz CT molecular complexity index is 596. The number of halogens is 1. The monoisotopic (exact) mass is 342 g/mol. The van der Waals surface area contributed by atoms with Gasteiger partial charge in [-0.2, -0.15) is 0 Å². The van der Waals surface area contributed by atoms with Crippen LogP contribution in [-0.2, 0) is 13.6 Å². The van der Waals surface area contributed by atoms with Crippen molar-refractivity contribution in [2.75, 3.05) is 38.6 Å². The number of hydrogen-bond donors (Lipinski definition) is 1. The first kappa shape index (κ1) is 17.2. The Labute approximate surface area is 141 Å². The van der Waals surface area contributed by atoms with E-state index in [1.165, 1.54) is 4.88 Å². The average molecular weight is 343 g/mol. The predicted octanol–water partition coefficient (Wildman–Crippen LogP) is 1.51. The lowest BCUT2D eigenvalue weighted by Crippen LogP contribution is -2.46. The topological polar surface area (TPSA) is 49.2 Å². The summed E-state index contributed by atoms with van der Waals surface area (Å²) in [6.07, 6.45) is 5.88. The van der Waals surface area contributed by atoms with E-state index >= 15 is 0 Å². The molecule has 2 aromatic rings. The summed E-state index contributed by atoms with van der Waals surface area (Å²) in [4.78, 5) is 14.8. The molecule has 0 saturated carbocycles. The molecule has 1 aliphatic heterocycles. The maximum atomic E-state index is 4.53. The van der Waals surface area contributed by atoms with Gasteiger partial charge in [-0.3, -0.25) is 4.90 Å². The fourth-order valence-electron chi connectivity index (χ4n) is 2.67. The van der Waals surface area contributed by atoms with E-state index in [1.807, 2.05) is 32.7 Å². The number of aromatic nitrogens is 3. The molecule has 0 spiro atoms. The summed E-state index contributed by atoms with van der Waals surface area (Å²) in [7, 11) is 6.13. The van der Waals surface area contributed by atoms with Crippen molar-refractivity contribution >= 4 is 28.9 Å². The molecule has 1 N–H and O–H groups in total. The molecule has 1 atom stereocenters. The van der Waals surface area contributed by atoms with E-state index in [9.17, 15) is 0 Å². The molecular formula is C14H23ClN6S. The van der Waals surface area contributed by atoms with Gasteiger partial charge in [0.25, 0.3) is 0 Å². The molecule has 6 nitrogen and oxygen atoms in total. The van der Waals surface area contributed by atoms with Gasteiger partial charge >= 0.3 is 0 Å². The summed E-state index contributed by atoms with van der Waals surface area (Å²) in [5, 5.41) is 4.54. The van der Waals surface area contributed by atoms with Crippen LogP contribution in [0.5, 0.6) is 0 Å². The van der Waals surface area contributed by atoms with Crippen LogP contribution in [0.15, 0.2) is 18.6 Å². The van der Waals surface area contributed by atoms with Crippen LogP contribution in [-0.4, -0.2) is 53.2 Å². The largest absolute Gasteiger partial charge is 0.354 e. The minimum Gasteiger partial charge on any atom is -0.354 e. The van der Waals surface area contributed by atoms with Crippen molar-refractivity contribution in [1.29, 1.82) is 0 Å². The molecule has 1 fully saturated rings. The van der Waals surface area contributed by atoms with Crippen LogP contribution in [0.25, 0.3) is 0 Å². The number of anilines is 1. The fourth-order valence-corrected chi connectivity index (χ4v) is 3.52. The highest BCUT2D eigenvalue weighted by Gasteiger charge is 2.27. The Hall–Kier alpha value is -1.15. The van der Waals surface area contributed by atoms with Crippen molar-refractivity contribution in [2.45, 2.75) is 12.6 Å². The number of rotatable bonds is 4. The van der Waals surface area contributed by atoms with Gasteiger partial charge in [-0.05, 0) is 0 Å². The van der Waals surface area contributed by atoms with Crippen LogP contribution >= 0.6 is 23.7 Å². The number of hydrogen-bond acceptors (Lipinski definition) is 6. The van der Waals surface area contributed by atoms with Crippen LogP contribution in [0.3, 0.4) is 0 Å². The van der Waals surface area contributed by atoms with Crippen molar-refractivity contribution in [2.24, 2.45) is 7.05 Å². The first-order valence-electron chi connectivity index (χ1n) is 7.19. The van der Waals surface area contributed by atoms with E-state index in [4.69, 9.17) is 0 Å². The number of imidazole rings is 1. The van der Waals surface area contributed by atoms with Crippen molar-refractivity contribution in [3.05, 3.63) is 29.3 Å². The van der Waals surface area contributed by atoms with Crippen LogP contribution in [0.2, 0.25) is 0 Å². The first-order chi connectivity index (χ1) is 10.1. The van der Waals surface area contributed by atoms with Gasteiger partial charge in [0.1, 0.15) is 5.82 Å². The molecule has 22 heavy (non-hydrogen) atoms. The first-order valence-corrected chi connectivity index (χ1v) is 8.01. The zero-order chi connectivity index (χ0) is 14.8. The molecule has 0 aromatic carbocycles. The molecule has 0 amide bonds. The van der Waals surface area contributed by atoms with Gasteiger partial charge in [0.2, 0.25) is 0 Å². The Kier molecular flexibility index (Phi) is 5.80. The van der Waals surface area contributed by atoms with E-state index < -0.39 is 0 Å². The molecule has 1 unspecified atom stereocenters. The van der Waals surface area contributed by atoms with Gasteiger partial charge in [0, 0.05) is 70.8 Å². The molecule has 0 bridgehead atoms. The third-order valence-corrected chi connectivity index (χ3v) is 4.94. The summed E-state index contributed by atoms with van der Waals surface area (Å²) < 4.78 is 2.11. The lowest BCUT2D eigenvalue weighted by molar-refractivity contribution is 0.146. The second kappa shape index (κ2) is 7.41. The van der Waals surface area contributed by atoms with Gasteiger partial charge in [-0.25, -0.2) is 9.97 Å². The van der Waals surface area contributed by atoms with Gasteiger partial charge in [-0.1, -0.05) is 0 Å². The number of piperazine rings is 1. The summed E-state index contributed by atoms with van der Waals surface area (Å²) >= 11 is 1.76. The summed E-state index contributed by atoms with van der Waals surface area (Å²) in [6, 6.07) is 0.323. The zero-order valence-electron chi connectivity index (χ0n) is 13.2. The predicted molar refractivity (Wildman–Crippen MR) is 92.9 cm³/mol. The minimum atomic E-state index is 0. The van der Waals surface area contributed by atoms with Gasteiger partial charge < -0.3 is 14.8 Å². The lowest BCUT2D eigenvalue weighted by atomic mass is 10.1. The quantitative estimate of drug-likeness (QED) is 0.912. The standard InChI is InChI=1S/C14H22N6S.ClH/c1-18(2)14-17-8-11(21-14)10-20-7-4-15-9-12(20)13-16-5-6-19(13)3;/h5-6,8,12,15H,4,7,9-10H2,1-3H3;1H.